The van der Waals surface area contributed by atoms with Crippen LogP contribution in [0.4, 0.5) is 4.79 Å². The molecule has 17 heavy (non-hydrogen) atoms. The molecule has 1 aromatic heterocycles. The fraction of sp³-hybridized carbons (Fsp3) is 0.625. The van der Waals surface area contributed by atoms with Gasteiger partial charge in [-0.15, -0.1) is 5.10 Å². The first-order valence-corrected chi connectivity index (χ1v) is 5.99. The Hall–Kier alpha value is -1.64. The van der Waals surface area contributed by atoms with E-state index < -0.39 is 11.9 Å². The first-order chi connectivity index (χ1) is 8.00. The van der Waals surface area contributed by atoms with Gasteiger partial charge in [0, 0.05) is 12.2 Å². The maximum atomic E-state index is 11.1. The normalized spacial score (nSPS) is 10.5. The van der Waals surface area contributed by atoms with Gasteiger partial charge in [0.15, 0.2) is 0 Å². The van der Waals surface area contributed by atoms with Crippen molar-refractivity contribution in [3.63, 3.8) is 0 Å². The Balaban J connectivity index is 2.38. The van der Waals surface area contributed by atoms with Crippen molar-refractivity contribution in [2.45, 2.75) is 31.5 Å². The third kappa shape index (κ3) is 4.39. The van der Waals surface area contributed by atoms with Crippen molar-refractivity contribution in [3.8, 4) is 0 Å². The van der Waals surface area contributed by atoms with Crippen LogP contribution >= 0.6 is 11.8 Å². The summed E-state index contributed by atoms with van der Waals surface area (Å²) in [6.45, 7) is 3.92. The molecule has 0 aliphatic rings. The predicted octanol–water partition coefficient (Wildman–Crippen LogP) is -0.0689. The number of nitrogens with zero attached hydrogens (tertiary/aromatic N) is 4. The molecule has 0 radical (unpaired) electrons. The lowest BCUT2D eigenvalue weighted by Gasteiger charge is -2.06. The Kier molecular flexibility index (Phi) is 4.88. The van der Waals surface area contributed by atoms with E-state index in [4.69, 9.17) is 5.73 Å². The van der Waals surface area contributed by atoms with E-state index in [1.165, 1.54) is 11.8 Å². The first-order valence-electron chi connectivity index (χ1n) is 5.00. The zero-order valence-electron chi connectivity index (χ0n) is 9.58. The largest absolute Gasteiger partial charge is 0.351 e. The summed E-state index contributed by atoms with van der Waals surface area (Å²) in [7, 11) is 0. The van der Waals surface area contributed by atoms with Gasteiger partial charge in [-0.1, -0.05) is 11.8 Å². The second kappa shape index (κ2) is 6.18. The number of hydrogen-bond acceptors (Lipinski definition) is 6. The number of carbonyl (C=O) groups excluding carboxylic acids is 2. The number of aromatic nitrogens is 4. The third-order valence-corrected chi connectivity index (χ3v) is 2.71. The van der Waals surface area contributed by atoms with Gasteiger partial charge in [-0.2, -0.15) is 0 Å². The molecule has 0 unspecified atom stereocenters. The minimum absolute atomic E-state index is 0.159. The zero-order valence-corrected chi connectivity index (χ0v) is 10.4. The number of tetrazole rings is 1. The van der Waals surface area contributed by atoms with E-state index in [1.807, 2.05) is 19.2 Å². The Labute approximate surface area is 102 Å². The number of imide groups is 1. The van der Waals surface area contributed by atoms with Gasteiger partial charge >= 0.3 is 6.03 Å². The molecule has 8 nitrogen and oxygen atoms in total. The molecule has 0 aromatic carbocycles. The maximum absolute atomic E-state index is 11.1. The number of thioether (sulfide) groups is 1. The highest BCUT2D eigenvalue weighted by Crippen LogP contribution is 2.17. The van der Waals surface area contributed by atoms with Gasteiger partial charge in [-0.05, 0) is 24.3 Å². The number of primary amides is 1. The lowest BCUT2D eigenvalue weighted by molar-refractivity contribution is -0.119. The molecule has 0 atom stereocenters. The Bertz CT molecular complexity index is 404. The van der Waals surface area contributed by atoms with Gasteiger partial charge in [-0.25, -0.2) is 9.48 Å². The van der Waals surface area contributed by atoms with Crippen LogP contribution in [0.3, 0.4) is 0 Å². The van der Waals surface area contributed by atoms with Crippen molar-refractivity contribution in [2.24, 2.45) is 5.73 Å². The van der Waals surface area contributed by atoms with Gasteiger partial charge in [0.1, 0.15) is 0 Å². The molecule has 1 heterocycles. The Morgan fingerprint density at radius 3 is 2.82 bits per heavy atom. The highest BCUT2D eigenvalue weighted by Gasteiger charge is 2.11. The summed E-state index contributed by atoms with van der Waals surface area (Å²) >= 11 is 1.35. The summed E-state index contributed by atoms with van der Waals surface area (Å²) in [5.41, 5.74) is 4.81. The molecule has 1 rings (SSSR count). The lowest BCUT2D eigenvalue weighted by Crippen LogP contribution is -2.35. The van der Waals surface area contributed by atoms with Crippen LogP contribution in [0.5, 0.6) is 0 Å². The number of nitrogens with two attached hydrogens (primary N) is 1. The second-order valence-electron chi connectivity index (χ2n) is 3.51. The van der Waals surface area contributed by atoms with Crippen molar-refractivity contribution < 1.29 is 9.59 Å². The average molecular weight is 258 g/mol. The second-order valence-corrected chi connectivity index (χ2v) is 4.57. The van der Waals surface area contributed by atoms with E-state index in [0.717, 1.165) is 0 Å². The summed E-state index contributed by atoms with van der Waals surface area (Å²) in [5.74, 6) is 0.0696. The minimum Gasteiger partial charge on any atom is -0.351 e. The van der Waals surface area contributed by atoms with Gasteiger partial charge in [0.2, 0.25) is 11.1 Å². The number of hydrogen-bond donors (Lipinski definition) is 2. The molecule has 0 fully saturated rings. The number of nitrogens with one attached hydrogen (secondary N) is 1. The van der Waals surface area contributed by atoms with E-state index in [1.54, 1.807) is 4.68 Å². The first kappa shape index (κ1) is 13.4. The average Bonchev–Trinajstić information content (AvgIpc) is 2.64. The standard InChI is InChI=1S/C8H14N6O2S/c1-5(2)14-8(11-12-13-14)17-4-3-6(15)10-7(9)16/h5H,3-4H2,1-2H3,(H3,9,10,15,16). The monoisotopic (exact) mass is 258 g/mol. The molecule has 0 bridgehead atoms. The SMILES string of the molecule is CC(C)n1nnnc1SCCC(=O)NC(N)=O. The smallest absolute Gasteiger partial charge is 0.318 e. The predicted molar refractivity (Wildman–Crippen MR) is 61.3 cm³/mol. The van der Waals surface area contributed by atoms with Crippen molar-refractivity contribution in [2.75, 3.05) is 5.75 Å². The quantitative estimate of drug-likeness (QED) is 0.714. The van der Waals surface area contributed by atoms with Crippen molar-refractivity contribution in [1.82, 2.24) is 25.5 Å². The molecular formula is C8H14N6O2S. The Morgan fingerprint density at radius 2 is 2.24 bits per heavy atom. The fourth-order valence-corrected chi connectivity index (χ4v) is 1.98. The van der Waals surface area contributed by atoms with Crippen LogP contribution in [0.1, 0.15) is 26.3 Å². The topological polar surface area (TPSA) is 116 Å². The fourth-order valence-electron chi connectivity index (χ4n) is 1.04. The summed E-state index contributed by atoms with van der Waals surface area (Å²) < 4.78 is 1.66. The van der Waals surface area contributed by atoms with E-state index in [-0.39, 0.29) is 12.5 Å². The van der Waals surface area contributed by atoms with Crippen molar-refractivity contribution in [3.05, 3.63) is 0 Å². The zero-order chi connectivity index (χ0) is 12.8. The molecule has 1 aromatic rings. The minimum atomic E-state index is -0.841. The number of rotatable bonds is 5. The highest BCUT2D eigenvalue weighted by molar-refractivity contribution is 7.99. The van der Waals surface area contributed by atoms with Gasteiger partial charge in [0.05, 0.1) is 6.04 Å². The molecule has 0 aliphatic heterocycles. The van der Waals surface area contributed by atoms with Crippen LogP contribution in [-0.4, -0.2) is 37.9 Å². The van der Waals surface area contributed by atoms with Crippen molar-refractivity contribution in [1.29, 1.82) is 0 Å². The van der Waals surface area contributed by atoms with E-state index in [9.17, 15) is 9.59 Å². The molecule has 3 amide bonds. The van der Waals surface area contributed by atoms with Gasteiger partial charge < -0.3 is 5.73 Å². The van der Waals surface area contributed by atoms with E-state index >= 15 is 0 Å². The van der Waals surface area contributed by atoms with E-state index in [0.29, 0.717) is 10.9 Å². The van der Waals surface area contributed by atoms with Crippen molar-refractivity contribution >= 4 is 23.7 Å². The van der Waals surface area contributed by atoms with Crippen LogP contribution in [0.25, 0.3) is 0 Å². The van der Waals surface area contributed by atoms with E-state index in [2.05, 4.69) is 15.5 Å². The summed E-state index contributed by atoms with van der Waals surface area (Å²) in [4.78, 5) is 21.5. The number of amides is 3. The number of carbonyl (C=O) groups is 2. The Morgan fingerprint density at radius 1 is 1.53 bits per heavy atom. The molecule has 0 saturated carbocycles. The summed E-state index contributed by atoms with van der Waals surface area (Å²) in [5, 5.41) is 13.8. The van der Waals surface area contributed by atoms with Crippen LogP contribution in [0, 0.1) is 0 Å². The molecule has 3 N–H and O–H groups in total. The molecule has 9 heteroatoms. The number of urea groups is 1. The molecule has 94 valence electrons. The van der Waals surface area contributed by atoms with Crippen LogP contribution < -0.4 is 11.1 Å². The van der Waals surface area contributed by atoms with Crippen LogP contribution in [0.2, 0.25) is 0 Å². The van der Waals surface area contributed by atoms with Crippen LogP contribution in [0.15, 0.2) is 5.16 Å². The van der Waals surface area contributed by atoms with Gasteiger partial charge in [0.25, 0.3) is 0 Å². The molecule has 0 saturated heterocycles. The van der Waals surface area contributed by atoms with Gasteiger partial charge in [-0.3, -0.25) is 10.1 Å². The van der Waals surface area contributed by atoms with Crippen LogP contribution in [-0.2, 0) is 4.79 Å². The molecule has 0 aliphatic carbocycles. The maximum Gasteiger partial charge on any atom is 0.318 e. The highest BCUT2D eigenvalue weighted by atomic mass is 32.2. The lowest BCUT2D eigenvalue weighted by atomic mass is 10.4. The molecular weight excluding hydrogens is 244 g/mol. The third-order valence-electron chi connectivity index (χ3n) is 1.77. The summed E-state index contributed by atoms with van der Waals surface area (Å²) in [6.07, 6.45) is 0.179. The molecule has 0 spiro atoms. The summed E-state index contributed by atoms with van der Waals surface area (Å²) in [6, 6.07) is -0.682.